The van der Waals surface area contributed by atoms with Crippen LogP contribution in [0.4, 0.5) is 19.0 Å². The van der Waals surface area contributed by atoms with Gasteiger partial charge >= 0.3 is 6.18 Å². The molecule has 1 amide bonds. The molecule has 1 N–H and O–H groups in total. The Bertz CT molecular complexity index is 1610. The maximum atomic E-state index is 13.1. The van der Waals surface area contributed by atoms with Crippen LogP contribution in [0.3, 0.4) is 0 Å². The molecule has 3 aromatic heterocycles. The first-order valence-electron chi connectivity index (χ1n) is 12.1. The lowest BCUT2D eigenvalue weighted by molar-refractivity contribution is -0.137. The van der Waals surface area contributed by atoms with Crippen LogP contribution in [-0.2, 0) is 17.5 Å². The number of thiophene rings is 1. The van der Waals surface area contributed by atoms with Gasteiger partial charge in [-0.1, -0.05) is 18.2 Å². The molecule has 1 aliphatic rings. The van der Waals surface area contributed by atoms with Crippen molar-refractivity contribution in [3.05, 3.63) is 71.5 Å². The predicted molar refractivity (Wildman–Crippen MR) is 144 cm³/mol. The number of amides is 1. The smallest absolute Gasteiger partial charge is 0.355 e. The van der Waals surface area contributed by atoms with Crippen molar-refractivity contribution in [3.63, 3.8) is 0 Å². The van der Waals surface area contributed by atoms with E-state index in [0.717, 1.165) is 68.2 Å². The van der Waals surface area contributed by atoms with Crippen LogP contribution in [0.2, 0.25) is 0 Å². The van der Waals surface area contributed by atoms with Gasteiger partial charge < -0.3 is 10.2 Å². The van der Waals surface area contributed by atoms with Gasteiger partial charge in [-0.05, 0) is 54.3 Å². The molecule has 5 aromatic rings. The van der Waals surface area contributed by atoms with Crippen molar-refractivity contribution in [2.24, 2.45) is 5.92 Å². The molecule has 1 aliphatic heterocycles. The van der Waals surface area contributed by atoms with Gasteiger partial charge in [0.2, 0.25) is 5.91 Å². The summed E-state index contributed by atoms with van der Waals surface area (Å²) in [6, 6.07) is 13.1. The summed E-state index contributed by atoms with van der Waals surface area (Å²) in [5.41, 5.74) is 4.51. The average Bonchev–Trinajstić information content (AvgIpc) is 3.58. The van der Waals surface area contributed by atoms with Gasteiger partial charge in [0.05, 0.1) is 37.4 Å². The van der Waals surface area contributed by atoms with Crippen LogP contribution >= 0.6 is 22.7 Å². The molecule has 0 bridgehead atoms. The van der Waals surface area contributed by atoms with Crippen LogP contribution < -0.4 is 10.2 Å². The van der Waals surface area contributed by atoms with E-state index in [1.54, 1.807) is 11.3 Å². The van der Waals surface area contributed by atoms with Crippen LogP contribution in [-0.4, -0.2) is 33.9 Å². The fourth-order valence-electron chi connectivity index (χ4n) is 4.76. The number of halogens is 3. The van der Waals surface area contributed by atoms with Gasteiger partial charge in [0.15, 0.2) is 0 Å². The van der Waals surface area contributed by atoms with Gasteiger partial charge in [-0.3, -0.25) is 4.79 Å². The number of carbonyl (C=O) groups excluding carboxylic acids is 1. The number of anilines is 1. The molecule has 38 heavy (non-hydrogen) atoms. The summed E-state index contributed by atoms with van der Waals surface area (Å²) in [5, 5.41) is 3.08. The maximum Gasteiger partial charge on any atom is 0.416 e. The van der Waals surface area contributed by atoms with E-state index in [1.165, 1.54) is 29.8 Å². The summed E-state index contributed by atoms with van der Waals surface area (Å²) >= 11 is 3.04. The highest BCUT2D eigenvalue weighted by Gasteiger charge is 2.30. The first kappa shape index (κ1) is 24.7. The Hall–Kier alpha value is -3.57. The Balaban J connectivity index is 1.17. The lowest BCUT2D eigenvalue weighted by Crippen LogP contribution is -2.43. The third-order valence-electron chi connectivity index (χ3n) is 6.74. The minimum atomic E-state index is -4.37. The SMILES string of the molecule is O=C(NCc1ccc2scnc2c1)[C@H]1CCCN(c2ncnc3cc(-c4ccc(C(F)(F)F)cc4)sc23)C1. The van der Waals surface area contributed by atoms with E-state index in [1.807, 2.05) is 29.8 Å². The van der Waals surface area contributed by atoms with E-state index in [9.17, 15) is 18.0 Å². The van der Waals surface area contributed by atoms with Gasteiger partial charge in [0.1, 0.15) is 12.1 Å². The summed E-state index contributed by atoms with van der Waals surface area (Å²) in [6.07, 6.45) is -1.23. The van der Waals surface area contributed by atoms with Crippen molar-refractivity contribution < 1.29 is 18.0 Å². The van der Waals surface area contributed by atoms with Crippen molar-refractivity contribution in [2.45, 2.75) is 25.6 Å². The van der Waals surface area contributed by atoms with Crippen molar-refractivity contribution >= 4 is 54.8 Å². The van der Waals surface area contributed by atoms with Crippen LogP contribution in [0, 0.1) is 5.92 Å². The quantitative estimate of drug-likeness (QED) is 0.268. The van der Waals surface area contributed by atoms with E-state index in [2.05, 4.69) is 25.2 Å². The van der Waals surface area contributed by atoms with Crippen molar-refractivity contribution in [3.8, 4) is 10.4 Å². The topological polar surface area (TPSA) is 71.0 Å². The predicted octanol–water partition coefficient (Wildman–Crippen LogP) is 6.52. The van der Waals surface area contributed by atoms with Crippen LogP contribution in [0.1, 0.15) is 24.0 Å². The minimum absolute atomic E-state index is 0.00926. The standard InChI is InChI=1S/C27H22F3N5OS2/c28-27(29,30)19-6-4-17(5-7-19)23-11-21-24(38-23)25(33-14-32-21)35-9-1-2-18(13-35)26(36)31-12-16-3-8-22-20(10-16)34-15-37-22/h3-8,10-11,14-15,18H,1-2,9,12-13H2,(H,31,36)/t18-/m0/s1. The summed E-state index contributed by atoms with van der Waals surface area (Å²) in [6.45, 7) is 1.75. The number of hydrogen-bond acceptors (Lipinski definition) is 7. The van der Waals surface area contributed by atoms with E-state index in [0.29, 0.717) is 18.7 Å². The molecule has 6 nitrogen and oxygen atoms in total. The molecule has 1 saturated heterocycles. The van der Waals surface area contributed by atoms with Crippen LogP contribution in [0.25, 0.3) is 30.9 Å². The number of fused-ring (bicyclic) bond motifs is 2. The van der Waals surface area contributed by atoms with Gasteiger partial charge in [-0.15, -0.1) is 22.7 Å². The Labute approximate surface area is 224 Å². The molecule has 4 heterocycles. The number of nitrogens with zero attached hydrogens (tertiary/aromatic N) is 4. The van der Waals surface area contributed by atoms with E-state index < -0.39 is 11.7 Å². The fraction of sp³-hybridized carbons (Fsp3) is 0.259. The molecule has 0 spiro atoms. The summed E-state index contributed by atoms with van der Waals surface area (Å²) < 4.78 is 40.9. The normalized spacial score (nSPS) is 16.3. The van der Waals surface area contributed by atoms with Crippen molar-refractivity contribution in [1.29, 1.82) is 0 Å². The highest BCUT2D eigenvalue weighted by Crippen LogP contribution is 2.39. The zero-order valence-electron chi connectivity index (χ0n) is 20.0. The monoisotopic (exact) mass is 553 g/mol. The number of rotatable bonds is 5. The third kappa shape index (κ3) is 4.95. The van der Waals surface area contributed by atoms with Gasteiger partial charge in [0.25, 0.3) is 0 Å². The van der Waals surface area contributed by atoms with Gasteiger partial charge in [-0.2, -0.15) is 13.2 Å². The van der Waals surface area contributed by atoms with Crippen molar-refractivity contribution in [2.75, 3.05) is 18.0 Å². The molecular weight excluding hydrogens is 531 g/mol. The first-order valence-corrected chi connectivity index (χ1v) is 13.8. The number of hydrogen-bond donors (Lipinski definition) is 1. The third-order valence-corrected chi connectivity index (χ3v) is 8.72. The number of alkyl halides is 3. The molecule has 0 radical (unpaired) electrons. The lowest BCUT2D eigenvalue weighted by atomic mass is 9.97. The number of carbonyl (C=O) groups is 1. The molecule has 2 aromatic carbocycles. The molecule has 0 aliphatic carbocycles. The van der Waals surface area contributed by atoms with E-state index in [4.69, 9.17) is 0 Å². The fourth-order valence-corrected chi connectivity index (χ4v) is 6.56. The Morgan fingerprint density at radius 2 is 1.89 bits per heavy atom. The van der Waals surface area contributed by atoms with Crippen LogP contribution in [0.5, 0.6) is 0 Å². The molecular formula is C27H22F3N5OS2. The Morgan fingerprint density at radius 1 is 1.05 bits per heavy atom. The summed E-state index contributed by atoms with van der Waals surface area (Å²) in [4.78, 5) is 29.2. The molecule has 1 atom stereocenters. The number of aromatic nitrogens is 3. The molecule has 11 heteroatoms. The largest absolute Gasteiger partial charge is 0.416 e. The highest BCUT2D eigenvalue weighted by atomic mass is 32.1. The first-order chi connectivity index (χ1) is 18.3. The minimum Gasteiger partial charge on any atom is -0.355 e. The highest BCUT2D eigenvalue weighted by molar-refractivity contribution is 7.22. The van der Waals surface area contributed by atoms with Gasteiger partial charge in [-0.25, -0.2) is 15.0 Å². The summed E-state index contributed by atoms with van der Waals surface area (Å²) in [5.74, 6) is 0.589. The second-order valence-electron chi connectivity index (χ2n) is 9.25. The molecule has 0 unspecified atom stereocenters. The van der Waals surface area contributed by atoms with Gasteiger partial charge in [0, 0.05) is 24.5 Å². The average molecular weight is 554 g/mol. The number of benzene rings is 2. The van der Waals surface area contributed by atoms with Crippen molar-refractivity contribution in [1.82, 2.24) is 20.3 Å². The second-order valence-corrected chi connectivity index (χ2v) is 11.2. The second kappa shape index (κ2) is 9.95. The zero-order valence-corrected chi connectivity index (χ0v) is 21.7. The Morgan fingerprint density at radius 3 is 2.71 bits per heavy atom. The lowest BCUT2D eigenvalue weighted by Gasteiger charge is -2.33. The van der Waals surface area contributed by atoms with Crippen LogP contribution in [0.15, 0.2) is 60.4 Å². The molecule has 0 saturated carbocycles. The number of thiazole rings is 1. The Kier molecular flexibility index (Phi) is 6.48. The molecule has 194 valence electrons. The molecule has 1 fully saturated rings. The van der Waals surface area contributed by atoms with E-state index in [-0.39, 0.29) is 11.8 Å². The molecule has 6 rings (SSSR count). The number of piperidine rings is 1. The summed E-state index contributed by atoms with van der Waals surface area (Å²) in [7, 11) is 0. The van der Waals surface area contributed by atoms with E-state index >= 15 is 0 Å². The zero-order chi connectivity index (χ0) is 26.3. The maximum absolute atomic E-state index is 13.1. The number of nitrogens with one attached hydrogen (secondary N) is 1.